The largest absolute Gasteiger partial charge is 0.492 e. The Labute approximate surface area is 119 Å². The van der Waals surface area contributed by atoms with Gasteiger partial charge in [-0.3, -0.25) is 0 Å². The second kappa shape index (κ2) is 6.91. The van der Waals surface area contributed by atoms with Crippen molar-refractivity contribution in [1.29, 1.82) is 0 Å². The van der Waals surface area contributed by atoms with E-state index >= 15 is 0 Å². The van der Waals surface area contributed by atoms with Gasteiger partial charge in [0.2, 0.25) is 0 Å². The van der Waals surface area contributed by atoms with E-state index in [1.165, 1.54) is 0 Å². The monoisotopic (exact) mass is 272 g/mol. The highest BCUT2D eigenvalue weighted by Gasteiger charge is 2.01. The summed E-state index contributed by atoms with van der Waals surface area (Å²) in [4.78, 5) is 2.09. The summed E-state index contributed by atoms with van der Waals surface area (Å²) in [6.07, 6.45) is 3.87. The highest BCUT2D eigenvalue weighted by atomic mass is 16.5. The van der Waals surface area contributed by atoms with Gasteiger partial charge >= 0.3 is 0 Å². The number of rotatable bonds is 6. The molecule has 0 N–H and O–H groups in total. The van der Waals surface area contributed by atoms with Gasteiger partial charge in [0.1, 0.15) is 12.4 Å². The minimum Gasteiger partial charge on any atom is -0.492 e. The summed E-state index contributed by atoms with van der Waals surface area (Å²) >= 11 is 0. The Morgan fingerprint density at radius 3 is 2.75 bits per heavy atom. The zero-order valence-corrected chi connectivity index (χ0v) is 12.2. The number of ether oxygens (including phenoxy) is 1. The molecule has 0 bridgehead atoms. The molecule has 0 atom stereocenters. The van der Waals surface area contributed by atoms with Crippen LogP contribution in [0.5, 0.6) is 5.75 Å². The van der Waals surface area contributed by atoms with Crippen LogP contribution in [0.3, 0.4) is 0 Å². The lowest BCUT2D eigenvalue weighted by Gasteiger charge is -2.12. The number of likely N-dealkylation sites (N-methyl/N-ethyl adjacent to an activating group) is 1. The van der Waals surface area contributed by atoms with Crippen LogP contribution in [0.25, 0.3) is 12.2 Å². The highest BCUT2D eigenvalue weighted by molar-refractivity contribution is 5.70. The van der Waals surface area contributed by atoms with Crippen molar-refractivity contribution in [3.63, 3.8) is 0 Å². The summed E-state index contributed by atoms with van der Waals surface area (Å²) < 4.78 is 11.0. The van der Waals surface area contributed by atoms with Gasteiger partial charge in [-0.1, -0.05) is 23.4 Å². The molecule has 0 fully saturated rings. The summed E-state index contributed by atoms with van der Waals surface area (Å²) in [5.41, 5.74) is 1.90. The van der Waals surface area contributed by atoms with E-state index in [1.807, 2.05) is 63.5 Å². The number of aryl methyl sites for hydroxylation is 1. The number of nitrogens with zero attached hydrogens (tertiary/aromatic N) is 2. The van der Waals surface area contributed by atoms with Crippen molar-refractivity contribution in [2.45, 2.75) is 6.92 Å². The van der Waals surface area contributed by atoms with E-state index in [-0.39, 0.29) is 0 Å². The molecule has 0 spiro atoms. The van der Waals surface area contributed by atoms with E-state index in [9.17, 15) is 0 Å². The second-order valence-electron chi connectivity index (χ2n) is 4.89. The van der Waals surface area contributed by atoms with Gasteiger partial charge in [-0.2, -0.15) is 0 Å². The maximum Gasteiger partial charge on any atom is 0.159 e. The van der Waals surface area contributed by atoms with Crippen LogP contribution in [-0.2, 0) is 0 Å². The standard InChI is InChI=1S/C16H20N2O2/c1-13-12-15(20-17-13)9-8-14-6-4-5-7-16(14)19-11-10-18(2)3/h4-9,12H,10-11H2,1-3H3. The van der Waals surface area contributed by atoms with Gasteiger partial charge in [0.25, 0.3) is 0 Å². The lowest BCUT2D eigenvalue weighted by Crippen LogP contribution is -2.19. The van der Waals surface area contributed by atoms with Crippen LogP contribution in [0.1, 0.15) is 17.0 Å². The molecule has 0 amide bonds. The Kier molecular flexibility index (Phi) is 4.96. The van der Waals surface area contributed by atoms with Gasteiger partial charge in [-0.25, -0.2) is 0 Å². The van der Waals surface area contributed by atoms with Crippen LogP contribution in [-0.4, -0.2) is 37.3 Å². The van der Waals surface area contributed by atoms with E-state index in [1.54, 1.807) is 0 Å². The Hall–Kier alpha value is -2.07. The molecule has 2 aromatic rings. The Balaban J connectivity index is 2.05. The number of hydrogen-bond acceptors (Lipinski definition) is 4. The van der Waals surface area contributed by atoms with E-state index < -0.39 is 0 Å². The van der Waals surface area contributed by atoms with Crippen molar-refractivity contribution in [3.8, 4) is 5.75 Å². The zero-order chi connectivity index (χ0) is 14.4. The maximum absolute atomic E-state index is 5.80. The molecule has 0 saturated heterocycles. The first-order valence-corrected chi connectivity index (χ1v) is 6.63. The van der Waals surface area contributed by atoms with Gasteiger partial charge in [0, 0.05) is 18.2 Å². The third kappa shape index (κ3) is 4.24. The Morgan fingerprint density at radius 1 is 1.25 bits per heavy atom. The number of aromatic nitrogens is 1. The quantitative estimate of drug-likeness (QED) is 0.810. The molecule has 0 unspecified atom stereocenters. The smallest absolute Gasteiger partial charge is 0.159 e. The molecule has 0 aliphatic carbocycles. The average molecular weight is 272 g/mol. The van der Waals surface area contributed by atoms with Gasteiger partial charge in [0.05, 0.1) is 5.69 Å². The number of para-hydroxylation sites is 1. The highest BCUT2D eigenvalue weighted by Crippen LogP contribution is 2.20. The molecule has 1 aromatic heterocycles. The van der Waals surface area contributed by atoms with Crippen LogP contribution in [0.4, 0.5) is 0 Å². The first-order chi connectivity index (χ1) is 9.65. The molecule has 4 nitrogen and oxygen atoms in total. The first kappa shape index (κ1) is 14.3. The van der Waals surface area contributed by atoms with E-state index in [4.69, 9.17) is 9.26 Å². The van der Waals surface area contributed by atoms with Crippen molar-refractivity contribution in [2.24, 2.45) is 0 Å². The minimum absolute atomic E-state index is 0.666. The molecule has 4 heteroatoms. The fourth-order valence-electron chi connectivity index (χ4n) is 1.72. The van der Waals surface area contributed by atoms with Gasteiger partial charge in [0.15, 0.2) is 5.76 Å². The molecule has 20 heavy (non-hydrogen) atoms. The fourth-order valence-corrected chi connectivity index (χ4v) is 1.72. The minimum atomic E-state index is 0.666. The van der Waals surface area contributed by atoms with Crippen LogP contribution in [0.2, 0.25) is 0 Å². The predicted molar refractivity (Wildman–Crippen MR) is 80.7 cm³/mol. The molecular formula is C16H20N2O2. The van der Waals surface area contributed by atoms with Crippen molar-refractivity contribution < 1.29 is 9.26 Å². The lowest BCUT2D eigenvalue weighted by atomic mass is 10.2. The normalized spacial score (nSPS) is 11.4. The van der Waals surface area contributed by atoms with Crippen LogP contribution >= 0.6 is 0 Å². The summed E-state index contributed by atoms with van der Waals surface area (Å²) in [6.45, 7) is 3.46. The van der Waals surface area contributed by atoms with Gasteiger partial charge < -0.3 is 14.2 Å². The summed E-state index contributed by atoms with van der Waals surface area (Å²) in [7, 11) is 4.06. The SMILES string of the molecule is Cc1cc(C=Cc2ccccc2OCCN(C)C)on1. The zero-order valence-electron chi connectivity index (χ0n) is 12.2. The topological polar surface area (TPSA) is 38.5 Å². The third-order valence-electron chi connectivity index (χ3n) is 2.79. The van der Waals surface area contributed by atoms with Gasteiger partial charge in [-0.05, 0) is 39.2 Å². The number of hydrogen-bond donors (Lipinski definition) is 0. The predicted octanol–water partition coefficient (Wildman–Crippen LogP) is 3.09. The molecule has 2 rings (SSSR count). The van der Waals surface area contributed by atoms with Crippen molar-refractivity contribution in [3.05, 3.63) is 47.3 Å². The van der Waals surface area contributed by atoms with Crippen molar-refractivity contribution in [2.75, 3.05) is 27.2 Å². The van der Waals surface area contributed by atoms with Crippen LogP contribution in [0, 0.1) is 6.92 Å². The van der Waals surface area contributed by atoms with E-state index in [0.717, 1.165) is 29.3 Å². The van der Waals surface area contributed by atoms with Crippen LogP contribution in [0.15, 0.2) is 34.9 Å². The third-order valence-corrected chi connectivity index (χ3v) is 2.79. The maximum atomic E-state index is 5.80. The number of benzene rings is 1. The van der Waals surface area contributed by atoms with Crippen molar-refractivity contribution in [1.82, 2.24) is 10.1 Å². The average Bonchev–Trinajstić information content (AvgIpc) is 2.83. The summed E-state index contributed by atoms with van der Waals surface area (Å²) in [5, 5.41) is 3.86. The summed E-state index contributed by atoms with van der Waals surface area (Å²) in [6, 6.07) is 9.85. The van der Waals surface area contributed by atoms with E-state index in [2.05, 4.69) is 10.1 Å². The molecule has 1 heterocycles. The molecule has 1 aromatic carbocycles. The van der Waals surface area contributed by atoms with Gasteiger partial charge in [-0.15, -0.1) is 0 Å². The van der Waals surface area contributed by atoms with Crippen molar-refractivity contribution >= 4 is 12.2 Å². The van der Waals surface area contributed by atoms with Crippen LogP contribution < -0.4 is 4.74 Å². The molecule has 0 radical (unpaired) electrons. The summed E-state index contributed by atoms with van der Waals surface area (Å²) in [5.74, 6) is 1.62. The van der Waals surface area contributed by atoms with E-state index in [0.29, 0.717) is 6.61 Å². The molecule has 106 valence electrons. The molecule has 0 saturated carbocycles. The Morgan fingerprint density at radius 2 is 2.05 bits per heavy atom. The molecule has 0 aliphatic rings. The molecule has 0 aliphatic heterocycles. The second-order valence-corrected chi connectivity index (χ2v) is 4.89. The lowest BCUT2D eigenvalue weighted by molar-refractivity contribution is 0.261. The Bertz CT molecular complexity index is 573. The molecular weight excluding hydrogens is 252 g/mol. The fraction of sp³-hybridized carbons (Fsp3) is 0.312. The first-order valence-electron chi connectivity index (χ1n) is 6.63.